The summed E-state index contributed by atoms with van der Waals surface area (Å²) >= 11 is 0. The molecule has 0 spiro atoms. The van der Waals surface area contributed by atoms with Gasteiger partial charge in [-0.15, -0.1) is 5.10 Å². The molecule has 24 heavy (non-hydrogen) atoms. The summed E-state index contributed by atoms with van der Waals surface area (Å²) in [6.45, 7) is 1.56. The first-order valence-corrected chi connectivity index (χ1v) is 8.35. The van der Waals surface area contributed by atoms with Gasteiger partial charge in [0.1, 0.15) is 0 Å². The van der Waals surface area contributed by atoms with E-state index in [1.807, 2.05) is 42.5 Å². The number of benzene rings is 1. The maximum atomic E-state index is 12.2. The predicted octanol–water partition coefficient (Wildman–Crippen LogP) is 1.65. The molecule has 3 rings (SSSR count). The average molecular weight is 325 g/mol. The van der Waals surface area contributed by atoms with Gasteiger partial charge in [-0.2, -0.15) is 5.10 Å². The fraction of sp³-hybridized carbons (Fsp3) is 0.389. The molecule has 2 aromatic rings. The first kappa shape index (κ1) is 16.4. The summed E-state index contributed by atoms with van der Waals surface area (Å²) < 4.78 is 0. The number of nitrogens with zero attached hydrogens (tertiary/aromatic N) is 3. The van der Waals surface area contributed by atoms with Gasteiger partial charge in [0.05, 0.1) is 0 Å². The summed E-state index contributed by atoms with van der Waals surface area (Å²) in [6, 6.07) is 13.5. The minimum Gasteiger partial charge on any atom is -0.354 e. The highest BCUT2D eigenvalue weighted by Crippen LogP contribution is 2.22. The summed E-state index contributed by atoms with van der Waals surface area (Å²) in [5, 5.41) is 11.1. The average Bonchev–Trinajstić information content (AvgIpc) is 3.10. The highest BCUT2D eigenvalue weighted by molar-refractivity contribution is 5.76. The second kappa shape index (κ2) is 7.88. The van der Waals surface area contributed by atoms with Crippen LogP contribution in [-0.2, 0) is 4.79 Å². The summed E-state index contributed by atoms with van der Waals surface area (Å²) in [5.41, 5.74) is 7.09. The number of hydrogen-bond acceptors (Lipinski definition) is 5. The van der Waals surface area contributed by atoms with Crippen LogP contribution in [0.2, 0.25) is 0 Å². The second-order valence-corrected chi connectivity index (χ2v) is 6.10. The Balaban J connectivity index is 1.51. The minimum absolute atomic E-state index is 0.0163. The van der Waals surface area contributed by atoms with Crippen LogP contribution in [0.1, 0.15) is 30.9 Å². The van der Waals surface area contributed by atoms with Crippen molar-refractivity contribution >= 4 is 11.7 Å². The molecule has 6 heteroatoms. The zero-order valence-corrected chi connectivity index (χ0v) is 13.6. The van der Waals surface area contributed by atoms with Gasteiger partial charge in [0.2, 0.25) is 5.91 Å². The van der Waals surface area contributed by atoms with Crippen molar-refractivity contribution in [2.45, 2.75) is 31.3 Å². The van der Waals surface area contributed by atoms with E-state index in [2.05, 4.69) is 20.4 Å². The van der Waals surface area contributed by atoms with Crippen LogP contribution in [0, 0.1) is 0 Å². The van der Waals surface area contributed by atoms with E-state index in [0.29, 0.717) is 13.0 Å². The van der Waals surface area contributed by atoms with Gasteiger partial charge in [0.25, 0.3) is 0 Å². The summed E-state index contributed by atoms with van der Waals surface area (Å²) in [7, 11) is 0. The smallest absolute Gasteiger partial charge is 0.221 e. The van der Waals surface area contributed by atoms with Crippen LogP contribution >= 0.6 is 0 Å². The van der Waals surface area contributed by atoms with Crippen LogP contribution in [-0.4, -0.2) is 35.2 Å². The fourth-order valence-corrected chi connectivity index (χ4v) is 3.12. The number of aromatic nitrogens is 2. The van der Waals surface area contributed by atoms with Crippen LogP contribution in [0.4, 0.5) is 5.82 Å². The van der Waals surface area contributed by atoms with Gasteiger partial charge in [0.15, 0.2) is 5.82 Å². The second-order valence-electron chi connectivity index (χ2n) is 6.10. The Hall–Kier alpha value is -2.47. The third-order valence-corrected chi connectivity index (χ3v) is 4.40. The number of rotatable bonds is 6. The topological polar surface area (TPSA) is 84.1 Å². The molecule has 0 saturated carbocycles. The molecule has 1 saturated heterocycles. The lowest BCUT2D eigenvalue weighted by Crippen LogP contribution is -2.41. The van der Waals surface area contributed by atoms with E-state index in [-0.39, 0.29) is 18.0 Å². The van der Waals surface area contributed by atoms with E-state index in [9.17, 15) is 4.79 Å². The Kier molecular flexibility index (Phi) is 5.38. The number of nitrogens with one attached hydrogen (secondary N) is 1. The summed E-state index contributed by atoms with van der Waals surface area (Å²) in [6.07, 6.45) is 4.10. The number of nitrogens with two attached hydrogens (primary N) is 1. The Morgan fingerprint density at radius 1 is 1.29 bits per heavy atom. The SMILES string of the molecule is NC(CC(=O)NCC1CCCN1c1cccnn1)c1ccccc1. The summed E-state index contributed by atoms with van der Waals surface area (Å²) in [4.78, 5) is 14.4. The van der Waals surface area contributed by atoms with Crippen LogP contribution < -0.4 is 16.0 Å². The van der Waals surface area contributed by atoms with E-state index in [1.54, 1.807) is 6.20 Å². The van der Waals surface area contributed by atoms with Gasteiger partial charge in [-0.1, -0.05) is 30.3 Å². The van der Waals surface area contributed by atoms with Gasteiger partial charge in [-0.25, -0.2) is 0 Å². The lowest BCUT2D eigenvalue weighted by Gasteiger charge is -2.25. The number of hydrogen-bond donors (Lipinski definition) is 2. The molecule has 6 nitrogen and oxygen atoms in total. The Morgan fingerprint density at radius 3 is 2.88 bits per heavy atom. The maximum absolute atomic E-state index is 12.2. The normalized spacial score (nSPS) is 18.4. The highest BCUT2D eigenvalue weighted by atomic mass is 16.1. The first-order chi connectivity index (χ1) is 11.7. The van der Waals surface area contributed by atoms with Crippen LogP contribution in [0.25, 0.3) is 0 Å². The molecule has 0 bridgehead atoms. The zero-order chi connectivity index (χ0) is 16.8. The van der Waals surface area contributed by atoms with Crippen molar-refractivity contribution in [1.82, 2.24) is 15.5 Å². The predicted molar refractivity (Wildman–Crippen MR) is 93.4 cm³/mol. The summed E-state index contributed by atoms with van der Waals surface area (Å²) in [5.74, 6) is 0.854. The van der Waals surface area contributed by atoms with E-state index >= 15 is 0 Å². The van der Waals surface area contributed by atoms with Gasteiger partial charge >= 0.3 is 0 Å². The third-order valence-electron chi connectivity index (χ3n) is 4.40. The molecule has 0 aliphatic carbocycles. The largest absolute Gasteiger partial charge is 0.354 e. The number of amides is 1. The van der Waals surface area contributed by atoms with E-state index in [0.717, 1.165) is 30.8 Å². The molecule has 2 unspecified atom stereocenters. The molecule has 126 valence electrons. The van der Waals surface area contributed by atoms with Crippen LogP contribution in [0.3, 0.4) is 0 Å². The highest BCUT2D eigenvalue weighted by Gasteiger charge is 2.26. The van der Waals surface area contributed by atoms with E-state index in [1.165, 1.54) is 0 Å². The lowest BCUT2D eigenvalue weighted by molar-refractivity contribution is -0.121. The molecule has 1 aromatic heterocycles. The van der Waals surface area contributed by atoms with Crippen molar-refractivity contribution in [1.29, 1.82) is 0 Å². The van der Waals surface area contributed by atoms with Crippen molar-refractivity contribution in [2.24, 2.45) is 5.73 Å². The van der Waals surface area contributed by atoms with E-state index in [4.69, 9.17) is 5.73 Å². The molecule has 2 heterocycles. The first-order valence-electron chi connectivity index (χ1n) is 8.35. The van der Waals surface area contributed by atoms with Crippen LogP contribution in [0.15, 0.2) is 48.7 Å². The molecule has 2 atom stereocenters. The minimum atomic E-state index is -0.272. The van der Waals surface area contributed by atoms with Crippen molar-refractivity contribution < 1.29 is 4.79 Å². The standard InChI is InChI=1S/C18H23N5O/c19-16(14-6-2-1-3-7-14)12-18(24)20-13-15-8-5-11-23(15)17-9-4-10-21-22-17/h1-4,6-7,9-10,15-16H,5,8,11-13,19H2,(H,20,24). The van der Waals surface area contributed by atoms with Crippen molar-refractivity contribution in [3.63, 3.8) is 0 Å². The molecule has 3 N–H and O–H groups in total. The van der Waals surface area contributed by atoms with Crippen molar-refractivity contribution in [2.75, 3.05) is 18.0 Å². The number of carbonyl (C=O) groups is 1. The lowest BCUT2D eigenvalue weighted by atomic mass is 10.0. The van der Waals surface area contributed by atoms with Crippen molar-refractivity contribution in [3.05, 3.63) is 54.2 Å². The van der Waals surface area contributed by atoms with Crippen LogP contribution in [0.5, 0.6) is 0 Å². The zero-order valence-electron chi connectivity index (χ0n) is 13.6. The number of carbonyl (C=O) groups excluding carboxylic acids is 1. The number of anilines is 1. The van der Waals surface area contributed by atoms with Crippen molar-refractivity contribution in [3.8, 4) is 0 Å². The Bertz CT molecular complexity index is 649. The molecule has 1 aliphatic rings. The van der Waals surface area contributed by atoms with Gasteiger partial charge in [-0.3, -0.25) is 4.79 Å². The van der Waals surface area contributed by atoms with Gasteiger partial charge in [0, 0.05) is 37.8 Å². The maximum Gasteiger partial charge on any atom is 0.221 e. The molecule has 1 fully saturated rings. The fourth-order valence-electron chi connectivity index (χ4n) is 3.12. The molecule has 0 radical (unpaired) electrons. The third kappa shape index (κ3) is 4.08. The molecular weight excluding hydrogens is 302 g/mol. The van der Waals surface area contributed by atoms with Gasteiger partial charge in [-0.05, 0) is 30.5 Å². The molecule has 1 amide bonds. The Labute approximate surface area is 142 Å². The van der Waals surface area contributed by atoms with E-state index < -0.39 is 0 Å². The quantitative estimate of drug-likeness (QED) is 0.844. The molecule has 1 aromatic carbocycles. The van der Waals surface area contributed by atoms with Gasteiger partial charge < -0.3 is 16.0 Å². The molecule has 1 aliphatic heterocycles. The monoisotopic (exact) mass is 325 g/mol. The molecular formula is C18H23N5O. The Morgan fingerprint density at radius 2 is 2.12 bits per heavy atom.